The van der Waals surface area contributed by atoms with Gasteiger partial charge in [0.15, 0.2) is 5.11 Å². The lowest BCUT2D eigenvalue weighted by Gasteiger charge is -2.26. The molecule has 0 bridgehead atoms. The smallest absolute Gasteiger partial charge is 0.170 e. The SMILES string of the molecule is S=C1N[C@@H](c2ccccn2)[C@@H](c2ccc(-c3ccc(Cl)c(Cl)c3)o2)N1CCCNc1ccccc1. The van der Waals surface area contributed by atoms with Crippen molar-refractivity contribution in [2.75, 3.05) is 18.4 Å². The minimum Gasteiger partial charge on any atom is -0.459 e. The molecule has 1 saturated heterocycles. The molecule has 2 aromatic carbocycles. The summed E-state index contributed by atoms with van der Waals surface area (Å²) < 4.78 is 6.37. The summed E-state index contributed by atoms with van der Waals surface area (Å²) in [6.45, 7) is 1.60. The first-order chi connectivity index (χ1) is 17.1. The number of benzene rings is 2. The summed E-state index contributed by atoms with van der Waals surface area (Å²) in [7, 11) is 0. The van der Waals surface area contributed by atoms with Gasteiger partial charge >= 0.3 is 0 Å². The first kappa shape index (κ1) is 23.7. The molecule has 0 radical (unpaired) electrons. The molecule has 1 aliphatic heterocycles. The van der Waals surface area contributed by atoms with Crippen LogP contribution in [0.2, 0.25) is 10.0 Å². The number of nitrogens with zero attached hydrogens (tertiary/aromatic N) is 2. The van der Waals surface area contributed by atoms with Gasteiger partial charge in [-0.15, -0.1) is 0 Å². The molecule has 8 heteroatoms. The van der Waals surface area contributed by atoms with Gasteiger partial charge < -0.3 is 20.0 Å². The second kappa shape index (κ2) is 10.7. The lowest BCUT2D eigenvalue weighted by molar-refractivity contribution is 0.274. The highest BCUT2D eigenvalue weighted by Gasteiger charge is 2.41. The van der Waals surface area contributed by atoms with Crippen LogP contribution in [0.3, 0.4) is 0 Å². The van der Waals surface area contributed by atoms with E-state index in [9.17, 15) is 0 Å². The molecule has 1 aliphatic rings. The number of hydrogen-bond donors (Lipinski definition) is 2. The van der Waals surface area contributed by atoms with Crippen LogP contribution in [0.1, 0.15) is 30.0 Å². The van der Waals surface area contributed by atoms with Crippen LogP contribution in [-0.4, -0.2) is 28.1 Å². The van der Waals surface area contributed by atoms with E-state index in [1.165, 1.54) is 0 Å². The van der Waals surface area contributed by atoms with Crippen molar-refractivity contribution in [3.05, 3.63) is 107 Å². The Labute approximate surface area is 220 Å². The van der Waals surface area contributed by atoms with Gasteiger partial charge in [0, 0.05) is 30.5 Å². The number of hydrogen-bond acceptors (Lipinski definition) is 4. The molecule has 0 aliphatic carbocycles. The van der Waals surface area contributed by atoms with Crippen LogP contribution >= 0.6 is 35.4 Å². The summed E-state index contributed by atoms with van der Waals surface area (Å²) in [5.74, 6) is 1.53. The molecule has 2 N–H and O–H groups in total. The highest BCUT2D eigenvalue weighted by atomic mass is 35.5. The second-order valence-corrected chi connectivity index (χ2v) is 9.50. The van der Waals surface area contributed by atoms with Gasteiger partial charge in [-0.1, -0.05) is 47.5 Å². The third-order valence-electron chi connectivity index (χ3n) is 6.00. The summed E-state index contributed by atoms with van der Waals surface area (Å²) in [6, 6.07) is 25.3. The number of rotatable bonds is 8. The Morgan fingerprint density at radius 2 is 1.80 bits per heavy atom. The molecule has 3 heterocycles. The molecule has 0 spiro atoms. The van der Waals surface area contributed by atoms with Crippen LogP contribution < -0.4 is 10.6 Å². The molecule has 4 aromatic rings. The zero-order valence-electron chi connectivity index (χ0n) is 18.8. The Hall–Kier alpha value is -3.06. The molecular formula is C27H24Cl2N4OS. The van der Waals surface area contributed by atoms with E-state index in [1.807, 2.05) is 60.7 Å². The Bertz CT molecular complexity index is 1300. The summed E-state index contributed by atoms with van der Waals surface area (Å²) in [5, 5.41) is 8.63. The Morgan fingerprint density at radius 3 is 2.57 bits per heavy atom. The maximum absolute atomic E-state index is 6.37. The molecule has 178 valence electrons. The molecule has 35 heavy (non-hydrogen) atoms. The number of furan rings is 1. The highest BCUT2D eigenvalue weighted by molar-refractivity contribution is 7.80. The van der Waals surface area contributed by atoms with Crippen molar-refractivity contribution in [3.8, 4) is 11.3 Å². The number of aromatic nitrogens is 1. The van der Waals surface area contributed by atoms with Crippen molar-refractivity contribution in [2.24, 2.45) is 0 Å². The fourth-order valence-electron chi connectivity index (χ4n) is 4.31. The van der Waals surface area contributed by atoms with Crippen molar-refractivity contribution in [1.29, 1.82) is 0 Å². The molecule has 5 nitrogen and oxygen atoms in total. The number of nitrogens with one attached hydrogen (secondary N) is 2. The van der Waals surface area contributed by atoms with Gasteiger partial charge in [0.2, 0.25) is 0 Å². The van der Waals surface area contributed by atoms with Gasteiger partial charge in [0.05, 0.1) is 21.8 Å². The largest absolute Gasteiger partial charge is 0.459 e. The first-order valence-electron chi connectivity index (χ1n) is 11.4. The van der Waals surface area contributed by atoms with Crippen LogP contribution in [0.4, 0.5) is 5.69 Å². The maximum atomic E-state index is 6.37. The molecule has 2 aromatic heterocycles. The number of thiocarbonyl (C=S) groups is 1. The van der Waals surface area contributed by atoms with Crippen LogP contribution in [0.5, 0.6) is 0 Å². The average Bonchev–Trinajstić information content (AvgIpc) is 3.49. The third kappa shape index (κ3) is 5.30. The minimum atomic E-state index is -0.134. The van der Waals surface area contributed by atoms with Gasteiger partial charge in [-0.2, -0.15) is 0 Å². The second-order valence-electron chi connectivity index (χ2n) is 8.30. The van der Waals surface area contributed by atoms with Crippen LogP contribution in [0.25, 0.3) is 11.3 Å². The topological polar surface area (TPSA) is 53.3 Å². The van der Waals surface area contributed by atoms with Crippen molar-refractivity contribution in [3.63, 3.8) is 0 Å². The van der Waals surface area contributed by atoms with E-state index in [2.05, 4.69) is 32.7 Å². The fourth-order valence-corrected chi connectivity index (χ4v) is 4.94. The van der Waals surface area contributed by atoms with Crippen molar-refractivity contribution in [2.45, 2.75) is 18.5 Å². The predicted molar refractivity (Wildman–Crippen MR) is 146 cm³/mol. The van der Waals surface area contributed by atoms with Gasteiger partial charge in [-0.3, -0.25) is 4.98 Å². The number of pyridine rings is 1. The zero-order chi connectivity index (χ0) is 24.2. The number of anilines is 1. The molecule has 0 unspecified atom stereocenters. The van der Waals surface area contributed by atoms with Crippen LogP contribution in [-0.2, 0) is 0 Å². The molecule has 0 amide bonds. The van der Waals surface area contributed by atoms with E-state index >= 15 is 0 Å². The van der Waals surface area contributed by atoms with Crippen molar-refractivity contribution >= 4 is 46.2 Å². The number of halogens is 2. The first-order valence-corrected chi connectivity index (χ1v) is 12.6. The van der Waals surface area contributed by atoms with Crippen LogP contribution in [0, 0.1) is 0 Å². The van der Waals surface area contributed by atoms with Gasteiger partial charge in [0.25, 0.3) is 0 Å². The Kier molecular flexibility index (Phi) is 7.23. The van der Waals surface area contributed by atoms with Gasteiger partial charge in [-0.05, 0) is 73.2 Å². The predicted octanol–water partition coefficient (Wildman–Crippen LogP) is 7.12. The maximum Gasteiger partial charge on any atom is 0.170 e. The summed E-state index contributed by atoms with van der Waals surface area (Å²) in [4.78, 5) is 6.79. The van der Waals surface area contributed by atoms with E-state index < -0.39 is 0 Å². The van der Waals surface area contributed by atoms with Crippen molar-refractivity contribution in [1.82, 2.24) is 15.2 Å². The molecule has 5 rings (SSSR count). The Balaban J connectivity index is 1.39. The van der Waals surface area contributed by atoms with Gasteiger partial charge in [-0.25, -0.2) is 0 Å². The lowest BCUT2D eigenvalue weighted by atomic mass is 10.0. The zero-order valence-corrected chi connectivity index (χ0v) is 21.2. The normalized spacial score (nSPS) is 17.4. The lowest BCUT2D eigenvalue weighted by Crippen LogP contribution is -2.31. The van der Waals surface area contributed by atoms with E-state index in [-0.39, 0.29) is 12.1 Å². The van der Waals surface area contributed by atoms with Crippen LogP contribution in [0.15, 0.2) is 89.5 Å². The molecule has 2 atom stereocenters. The van der Waals surface area contributed by atoms with E-state index in [0.717, 1.165) is 48.0 Å². The van der Waals surface area contributed by atoms with E-state index in [4.69, 9.17) is 39.8 Å². The Morgan fingerprint density at radius 1 is 0.971 bits per heavy atom. The molecule has 0 saturated carbocycles. The molecular weight excluding hydrogens is 499 g/mol. The standard InChI is InChI=1S/C27H24Cl2N4OS/c28-20-11-10-18(17-21(20)29)23-12-13-24(34-23)26-25(22-9-4-5-14-31-22)32-27(35)33(26)16-6-15-30-19-7-2-1-3-8-19/h1-5,7-14,17,25-26,30H,6,15-16H2,(H,32,35)/t25-,26+/m0/s1. The summed E-state index contributed by atoms with van der Waals surface area (Å²) >= 11 is 18.1. The summed E-state index contributed by atoms with van der Waals surface area (Å²) in [5.41, 5.74) is 2.89. The van der Waals surface area contributed by atoms with Gasteiger partial charge in [0.1, 0.15) is 17.6 Å². The number of para-hydroxylation sites is 1. The van der Waals surface area contributed by atoms with E-state index in [0.29, 0.717) is 15.2 Å². The average molecular weight is 523 g/mol. The monoisotopic (exact) mass is 522 g/mol. The van der Waals surface area contributed by atoms with E-state index in [1.54, 1.807) is 12.3 Å². The van der Waals surface area contributed by atoms with Crippen molar-refractivity contribution < 1.29 is 4.42 Å². The highest BCUT2D eigenvalue weighted by Crippen LogP contribution is 2.41. The summed E-state index contributed by atoms with van der Waals surface area (Å²) in [6.07, 6.45) is 2.70. The fraction of sp³-hybridized carbons (Fsp3) is 0.185. The molecule has 1 fully saturated rings. The third-order valence-corrected chi connectivity index (χ3v) is 7.09. The quantitative estimate of drug-likeness (QED) is 0.189. The minimum absolute atomic E-state index is 0.126.